The lowest BCUT2D eigenvalue weighted by Crippen LogP contribution is -1.80. The Labute approximate surface area is 136 Å². The summed E-state index contributed by atoms with van der Waals surface area (Å²) in [6, 6.07) is 14.5. The van der Waals surface area contributed by atoms with Gasteiger partial charge in [0.25, 0.3) is 0 Å². The first-order chi connectivity index (χ1) is 9.20. The Kier molecular flexibility index (Phi) is 3.83. The molecular formula is C15H9Br3O. The van der Waals surface area contributed by atoms with Crippen LogP contribution in [0.1, 0.15) is 5.56 Å². The monoisotopic (exact) mass is 442 g/mol. The van der Waals surface area contributed by atoms with Gasteiger partial charge in [-0.25, -0.2) is 0 Å². The Balaban J connectivity index is 2.36. The SMILES string of the molecule is BrCc1cc(Br)c2oc(Br)c(-c3ccccc3)c2c1. The number of halogens is 3. The van der Waals surface area contributed by atoms with Crippen molar-refractivity contribution in [2.24, 2.45) is 0 Å². The van der Waals surface area contributed by atoms with E-state index in [2.05, 4.69) is 72.1 Å². The molecule has 3 aromatic rings. The first kappa shape index (κ1) is 13.4. The van der Waals surface area contributed by atoms with E-state index in [0.717, 1.165) is 36.6 Å². The van der Waals surface area contributed by atoms with Crippen LogP contribution in [0, 0.1) is 0 Å². The number of hydrogen-bond acceptors (Lipinski definition) is 1. The second-order valence-corrected chi connectivity index (χ2v) is 6.34. The van der Waals surface area contributed by atoms with Crippen LogP contribution in [0.25, 0.3) is 22.1 Å². The van der Waals surface area contributed by atoms with Crippen LogP contribution in [-0.4, -0.2) is 0 Å². The zero-order valence-corrected chi connectivity index (χ0v) is 14.5. The van der Waals surface area contributed by atoms with Gasteiger partial charge in [-0.15, -0.1) is 0 Å². The molecule has 0 N–H and O–H groups in total. The smallest absolute Gasteiger partial charge is 0.178 e. The van der Waals surface area contributed by atoms with Crippen molar-refractivity contribution >= 4 is 58.8 Å². The third kappa shape index (κ3) is 2.41. The van der Waals surface area contributed by atoms with Crippen LogP contribution in [0.5, 0.6) is 0 Å². The van der Waals surface area contributed by atoms with Crippen LogP contribution in [0.2, 0.25) is 0 Å². The molecule has 19 heavy (non-hydrogen) atoms. The molecule has 0 atom stereocenters. The fourth-order valence-electron chi connectivity index (χ4n) is 2.14. The van der Waals surface area contributed by atoms with E-state index in [1.807, 2.05) is 18.2 Å². The molecular weight excluding hydrogens is 436 g/mol. The fourth-order valence-corrected chi connectivity index (χ4v) is 3.65. The molecule has 0 saturated heterocycles. The van der Waals surface area contributed by atoms with Gasteiger partial charge in [0.1, 0.15) is 5.58 Å². The number of benzene rings is 2. The van der Waals surface area contributed by atoms with Crippen molar-refractivity contribution in [3.8, 4) is 11.1 Å². The minimum absolute atomic E-state index is 0.765. The van der Waals surface area contributed by atoms with Gasteiger partial charge in [-0.3, -0.25) is 0 Å². The van der Waals surface area contributed by atoms with Gasteiger partial charge in [0.05, 0.1) is 4.47 Å². The Bertz CT molecular complexity index is 732. The standard InChI is InChI=1S/C15H9Br3O/c16-8-9-6-11-13(10-4-2-1-3-5-10)15(18)19-14(11)12(17)7-9/h1-7H,8H2. The van der Waals surface area contributed by atoms with Crippen LogP contribution in [0.3, 0.4) is 0 Å². The van der Waals surface area contributed by atoms with Gasteiger partial charge >= 0.3 is 0 Å². The molecule has 0 aliphatic carbocycles. The summed E-state index contributed by atoms with van der Waals surface area (Å²) in [5, 5.41) is 1.93. The molecule has 0 aliphatic rings. The van der Waals surface area contributed by atoms with Crippen molar-refractivity contribution in [2.75, 3.05) is 0 Å². The van der Waals surface area contributed by atoms with Gasteiger partial charge < -0.3 is 4.42 Å². The van der Waals surface area contributed by atoms with E-state index >= 15 is 0 Å². The fraction of sp³-hybridized carbons (Fsp3) is 0.0667. The molecule has 4 heteroatoms. The molecule has 1 nitrogen and oxygen atoms in total. The molecule has 0 aliphatic heterocycles. The van der Waals surface area contributed by atoms with E-state index in [9.17, 15) is 0 Å². The molecule has 0 bridgehead atoms. The number of rotatable bonds is 2. The summed E-state index contributed by atoms with van der Waals surface area (Å²) in [6.07, 6.45) is 0. The third-order valence-electron chi connectivity index (χ3n) is 2.98. The quantitative estimate of drug-likeness (QED) is 0.410. The summed E-state index contributed by atoms with van der Waals surface area (Å²) < 4.78 is 7.58. The van der Waals surface area contributed by atoms with Gasteiger partial charge in [-0.2, -0.15) is 0 Å². The number of fused-ring (bicyclic) bond motifs is 1. The summed E-state index contributed by atoms with van der Waals surface area (Å²) in [6.45, 7) is 0. The summed E-state index contributed by atoms with van der Waals surface area (Å²) >= 11 is 10.6. The van der Waals surface area contributed by atoms with Crippen molar-refractivity contribution in [2.45, 2.75) is 5.33 Å². The highest BCUT2D eigenvalue weighted by molar-refractivity contribution is 9.11. The maximum absolute atomic E-state index is 5.84. The summed E-state index contributed by atoms with van der Waals surface area (Å²) in [4.78, 5) is 0. The molecule has 1 aromatic heterocycles. The van der Waals surface area contributed by atoms with Crippen LogP contribution >= 0.6 is 47.8 Å². The van der Waals surface area contributed by atoms with Crippen LogP contribution < -0.4 is 0 Å². The van der Waals surface area contributed by atoms with E-state index < -0.39 is 0 Å². The van der Waals surface area contributed by atoms with Crippen molar-refractivity contribution in [1.82, 2.24) is 0 Å². The highest BCUT2D eigenvalue weighted by Gasteiger charge is 2.16. The molecule has 0 spiro atoms. The predicted octanol–water partition coefficient (Wildman–Crippen LogP) is 6.52. The maximum Gasteiger partial charge on any atom is 0.178 e. The second-order valence-electron chi connectivity index (χ2n) is 4.20. The van der Waals surface area contributed by atoms with Crippen LogP contribution in [0.15, 0.2) is 56.0 Å². The highest BCUT2D eigenvalue weighted by Crippen LogP contribution is 2.41. The van der Waals surface area contributed by atoms with Gasteiger partial charge in [0.15, 0.2) is 4.67 Å². The minimum atomic E-state index is 0.765. The third-order valence-corrected chi connectivity index (χ3v) is 4.77. The van der Waals surface area contributed by atoms with E-state index in [-0.39, 0.29) is 0 Å². The van der Waals surface area contributed by atoms with E-state index in [1.54, 1.807) is 0 Å². The first-order valence-electron chi connectivity index (χ1n) is 5.72. The molecule has 3 rings (SSSR count). The largest absolute Gasteiger partial charge is 0.447 e. The maximum atomic E-state index is 5.84. The average molecular weight is 445 g/mol. The lowest BCUT2D eigenvalue weighted by atomic mass is 10.0. The van der Waals surface area contributed by atoms with Crippen molar-refractivity contribution in [3.63, 3.8) is 0 Å². The van der Waals surface area contributed by atoms with Gasteiger partial charge in [0, 0.05) is 16.3 Å². The molecule has 0 saturated carbocycles. The molecule has 96 valence electrons. The Morgan fingerprint density at radius 2 is 1.74 bits per heavy atom. The summed E-state index contributed by atoms with van der Waals surface area (Å²) in [5.74, 6) is 0. The van der Waals surface area contributed by atoms with Crippen LogP contribution in [-0.2, 0) is 5.33 Å². The number of hydrogen-bond donors (Lipinski definition) is 0. The van der Waals surface area contributed by atoms with Gasteiger partial charge in [0.2, 0.25) is 0 Å². The van der Waals surface area contributed by atoms with E-state index in [1.165, 1.54) is 5.56 Å². The van der Waals surface area contributed by atoms with Gasteiger partial charge in [-0.05, 0) is 55.1 Å². The minimum Gasteiger partial charge on any atom is -0.447 e. The Hall–Kier alpha value is -0.580. The van der Waals surface area contributed by atoms with E-state index in [0.29, 0.717) is 0 Å². The molecule has 0 unspecified atom stereocenters. The summed E-state index contributed by atoms with van der Waals surface area (Å²) in [7, 11) is 0. The molecule has 0 radical (unpaired) electrons. The second kappa shape index (κ2) is 5.43. The Morgan fingerprint density at radius 3 is 2.42 bits per heavy atom. The zero-order valence-electron chi connectivity index (χ0n) is 9.79. The number of furan rings is 1. The lowest BCUT2D eigenvalue weighted by Gasteiger charge is -2.02. The molecule has 0 amide bonds. The van der Waals surface area contributed by atoms with Crippen molar-refractivity contribution in [3.05, 3.63) is 57.2 Å². The molecule has 0 fully saturated rings. The van der Waals surface area contributed by atoms with Crippen LogP contribution in [0.4, 0.5) is 0 Å². The van der Waals surface area contributed by atoms with Gasteiger partial charge in [-0.1, -0.05) is 46.3 Å². The first-order valence-corrected chi connectivity index (χ1v) is 8.43. The summed E-state index contributed by atoms with van der Waals surface area (Å²) in [5.41, 5.74) is 4.33. The highest BCUT2D eigenvalue weighted by atomic mass is 79.9. The Morgan fingerprint density at radius 1 is 1.00 bits per heavy atom. The van der Waals surface area contributed by atoms with E-state index in [4.69, 9.17) is 4.42 Å². The predicted molar refractivity (Wildman–Crippen MR) is 89.7 cm³/mol. The zero-order chi connectivity index (χ0) is 13.4. The van der Waals surface area contributed by atoms with Crippen molar-refractivity contribution in [1.29, 1.82) is 0 Å². The molecule has 1 heterocycles. The number of alkyl halides is 1. The topological polar surface area (TPSA) is 13.1 Å². The van der Waals surface area contributed by atoms with Crippen molar-refractivity contribution < 1.29 is 4.42 Å². The lowest BCUT2D eigenvalue weighted by molar-refractivity contribution is 0.587. The average Bonchev–Trinajstić information content (AvgIpc) is 2.76. The molecule has 2 aromatic carbocycles. The normalized spacial score (nSPS) is 11.1.